The number of rotatable bonds is 10. The van der Waals surface area contributed by atoms with Gasteiger partial charge in [-0.2, -0.15) is 0 Å². The monoisotopic (exact) mass is 786 g/mol. The van der Waals surface area contributed by atoms with Crippen molar-refractivity contribution in [3.05, 3.63) is 167 Å². The highest BCUT2D eigenvalue weighted by atomic mass is 16.2. The van der Waals surface area contributed by atoms with Crippen LogP contribution in [0.1, 0.15) is 77.6 Å². The number of benzene rings is 4. The molecule has 5 N–H and O–H groups in total. The van der Waals surface area contributed by atoms with Crippen molar-refractivity contribution < 1.29 is 14.4 Å². The Labute approximate surface area is 345 Å². The van der Waals surface area contributed by atoms with E-state index in [0.717, 1.165) is 51.7 Å². The summed E-state index contributed by atoms with van der Waals surface area (Å²) >= 11 is 0. The topological polar surface area (TPSA) is 140 Å². The number of hydrogen-bond acceptors (Lipinski definition) is 8. The van der Waals surface area contributed by atoms with E-state index in [9.17, 15) is 14.4 Å². The van der Waals surface area contributed by atoms with Crippen molar-refractivity contribution in [3.8, 4) is 0 Å². The predicted molar refractivity (Wildman–Crippen MR) is 237 cm³/mol. The summed E-state index contributed by atoms with van der Waals surface area (Å²) in [4.78, 5) is 47.9. The Morgan fingerprint density at radius 3 is 1.64 bits per heavy atom. The molecular formula is C48H50N8O3. The van der Waals surface area contributed by atoms with E-state index in [0.29, 0.717) is 36.4 Å². The van der Waals surface area contributed by atoms with Gasteiger partial charge in [0.15, 0.2) is 0 Å². The molecule has 2 aliphatic rings. The van der Waals surface area contributed by atoms with Gasteiger partial charge in [0.2, 0.25) is 5.91 Å². The van der Waals surface area contributed by atoms with Crippen molar-refractivity contribution in [3.63, 3.8) is 0 Å². The molecule has 59 heavy (non-hydrogen) atoms. The fourth-order valence-corrected chi connectivity index (χ4v) is 7.48. The lowest BCUT2D eigenvalue weighted by Gasteiger charge is -2.19. The third-order valence-electron chi connectivity index (χ3n) is 10.7. The molecular weight excluding hydrogens is 737 g/mol. The number of anilines is 6. The van der Waals surface area contributed by atoms with Crippen LogP contribution < -0.4 is 31.5 Å². The Hall–Kier alpha value is -7.01. The molecule has 0 spiro atoms. The number of para-hydroxylation sites is 2. The van der Waals surface area contributed by atoms with Crippen LogP contribution in [0.15, 0.2) is 134 Å². The third-order valence-corrected chi connectivity index (χ3v) is 10.7. The number of carbonyl (C=O) groups excluding carboxylic acids is 3. The van der Waals surface area contributed by atoms with Gasteiger partial charge in [0, 0.05) is 103 Å². The predicted octanol–water partition coefficient (Wildman–Crippen LogP) is 9.24. The minimum absolute atomic E-state index is 0.000888. The molecule has 0 fully saturated rings. The largest absolute Gasteiger partial charge is 0.384 e. The average Bonchev–Trinajstić information content (AvgIpc) is 3.70. The van der Waals surface area contributed by atoms with Crippen molar-refractivity contribution in [2.75, 3.05) is 44.6 Å². The Morgan fingerprint density at radius 1 is 0.627 bits per heavy atom. The Balaban J connectivity index is 0.000000180. The van der Waals surface area contributed by atoms with Crippen molar-refractivity contribution in [1.29, 1.82) is 0 Å². The summed E-state index contributed by atoms with van der Waals surface area (Å²) in [5.74, 6) is -0.333. The molecule has 0 saturated carbocycles. The number of nitrogens with one attached hydrogen (secondary N) is 5. The second kappa shape index (κ2) is 17.2. The van der Waals surface area contributed by atoms with E-state index in [4.69, 9.17) is 0 Å². The lowest BCUT2D eigenvalue weighted by atomic mass is 9.87. The molecule has 11 heteroatoms. The minimum Gasteiger partial charge on any atom is -0.384 e. The van der Waals surface area contributed by atoms with Gasteiger partial charge in [-0.15, -0.1) is 0 Å². The first kappa shape index (κ1) is 40.2. The van der Waals surface area contributed by atoms with Crippen molar-refractivity contribution in [2.45, 2.75) is 58.5 Å². The van der Waals surface area contributed by atoms with Crippen LogP contribution in [0.4, 0.5) is 34.1 Å². The molecule has 2 aliphatic heterocycles. The number of aromatic nitrogens is 2. The first-order valence-electron chi connectivity index (χ1n) is 19.8. The van der Waals surface area contributed by atoms with E-state index < -0.39 is 0 Å². The first-order valence-corrected chi connectivity index (χ1v) is 19.8. The molecule has 2 aromatic heterocycles. The highest BCUT2D eigenvalue weighted by Crippen LogP contribution is 2.42. The van der Waals surface area contributed by atoms with Gasteiger partial charge >= 0.3 is 0 Å². The number of fused-ring (bicyclic) bond motifs is 2. The summed E-state index contributed by atoms with van der Waals surface area (Å²) in [5.41, 5.74) is 10.7. The Kier molecular flexibility index (Phi) is 11.7. The second-order valence-electron chi connectivity index (χ2n) is 16.1. The zero-order valence-corrected chi connectivity index (χ0v) is 34.1. The van der Waals surface area contributed by atoms with Gasteiger partial charge < -0.3 is 31.5 Å². The lowest BCUT2D eigenvalue weighted by Crippen LogP contribution is -2.32. The molecule has 300 valence electrons. The van der Waals surface area contributed by atoms with Crippen molar-refractivity contribution in [1.82, 2.24) is 9.97 Å². The molecule has 8 rings (SSSR count). The van der Waals surface area contributed by atoms with Gasteiger partial charge in [-0.1, -0.05) is 64.1 Å². The van der Waals surface area contributed by atoms with Crippen LogP contribution in [0.25, 0.3) is 0 Å². The molecule has 0 unspecified atom stereocenters. The van der Waals surface area contributed by atoms with E-state index in [2.05, 4.69) is 70.3 Å². The van der Waals surface area contributed by atoms with Crippen molar-refractivity contribution in [2.24, 2.45) is 0 Å². The number of nitrogens with zero attached hydrogens (tertiary/aromatic N) is 3. The van der Waals surface area contributed by atoms with E-state index in [1.807, 2.05) is 97.1 Å². The first-order chi connectivity index (χ1) is 28.4. The molecule has 4 aromatic carbocycles. The SMILES string of the molecule is CC(=O)N1CC(C)(C)c2ccc(NC(=O)c3ccccc3NCc3ccncc3)cc21.CC1(C)CNc2cc(NC(=O)c3ccccc3NCc3ccncc3)ccc21. The maximum Gasteiger partial charge on any atom is 0.257 e. The van der Waals surface area contributed by atoms with Gasteiger partial charge in [0.25, 0.3) is 11.8 Å². The van der Waals surface area contributed by atoms with Crippen LogP contribution in [0.3, 0.4) is 0 Å². The summed E-state index contributed by atoms with van der Waals surface area (Å²) in [6.45, 7) is 13.0. The summed E-state index contributed by atoms with van der Waals surface area (Å²) in [7, 11) is 0. The maximum atomic E-state index is 13.0. The average molecular weight is 787 g/mol. The molecule has 6 aromatic rings. The smallest absolute Gasteiger partial charge is 0.257 e. The molecule has 0 aliphatic carbocycles. The van der Waals surface area contributed by atoms with E-state index in [-0.39, 0.29) is 28.6 Å². The summed E-state index contributed by atoms with van der Waals surface area (Å²) in [6.07, 6.45) is 7.02. The molecule has 4 heterocycles. The van der Waals surface area contributed by atoms with Crippen molar-refractivity contribution >= 4 is 51.8 Å². The fourth-order valence-electron chi connectivity index (χ4n) is 7.48. The number of hydrogen-bond donors (Lipinski definition) is 5. The lowest BCUT2D eigenvalue weighted by molar-refractivity contribution is -0.116. The van der Waals surface area contributed by atoms with Gasteiger partial charge in [0.1, 0.15) is 0 Å². The van der Waals surface area contributed by atoms with E-state index in [1.54, 1.807) is 42.7 Å². The molecule has 0 radical (unpaired) electrons. The molecule has 0 bridgehead atoms. The van der Waals surface area contributed by atoms with Crippen LogP contribution in [0.2, 0.25) is 0 Å². The normalized spacial score (nSPS) is 14.1. The van der Waals surface area contributed by atoms with Gasteiger partial charge in [-0.3, -0.25) is 24.4 Å². The third kappa shape index (κ3) is 9.42. The second-order valence-corrected chi connectivity index (χ2v) is 16.1. The van der Waals surface area contributed by atoms with Crippen LogP contribution in [0, 0.1) is 0 Å². The van der Waals surface area contributed by atoms with E-state index in [1.165, 1.54) is 5.56 Å². The fraction of sp³-hybridized carbons (Fsp3) is 0.229. The van der Waals surface area contributed by atoms with Gasteiger partial charge in [-0.05, 0) is 95.1 Å². The van der Waals surface area contributed by atoms with Crippen LogP contribution in [0.5, 0.6) is 0 Å². The Bertz CT molecular complexity index is 2470. The standard InChI is InChI=1S/C25H26N4O2.C23H24N4O/c1-17(30)29-16-25(2,3)21-9-8-19(14-23(21)29)28-24(31)20-6-4-5-7-22(20)27-15-18-10-12-26-13-11-18;1-23(2)15-26-21-13-17(7-8-19(21)23)27-22(28)18-5-3-4-6-20(18)25-14-16-9-11-24-12-10-16/h4-14,27H,15-16H2,1-3H3,(H,28,31);3-13,25-26H,14-15H2,1-2H3,(H,27,28). The Morgan fingerprint density at radius 2 is 1.12 bits per heavy atom. The quantitative estimate of drug-likeness (QED) is 0.0926. The highest BCUT2D eigenvalue weighted by Gasteiger charge is 2.37. The minimum atomic E-state index is -0.204. The zero-order valence-electron chi connectivity index (χ0n) is 34.1. The van der Waals surface area contributed by atoms with Gasteiger partial charge in [0.05, 0.1) is 11.1 Å². The summed E-state index contributed by atoms with van der Waals surface area (Å²) in [6, 6.07) is 34.6. The molecule has 0 atom stereocenters. The highest BCUT2D eigenvalue weighted by molar-refractivity contribution is 6.09. The number of amides is 3. The number of pyridine rings is 2. The molecule has 0 saturated heterocycles. The van der Waals surface area contributed by atoms with Crippen LogP contribution in [-0.4, -0.2) is 40.8 Å². The molecule has 11 nitrogen and oxygen atoms in total. The summed E-state index contributed by atoms with van der Waals surface area (Å²) in [5, 5.41) is 16.1. The maximum absolute atomic E-state index is 13.0. The van der Waals surface area contributed by atoms with E-state index >= 15 is 0 Å². The number of carbonyl (C=O) groups is 3. The van der Waals surface area contributed by atoms with Crippen LogP contribution in [-0.2, 0) is 28.7 Å². The van der Waals surface area contributed by atoms with Gasteiger partial charge in [-0.25, -0.2) is 0 Å². The summed E-state index contributed by atoms with van der Waals surface area (Å²) < 4.78 is 0. The van der Waals surface area contributed by atoms with Crippen LogP contribution >= 0.6 is 0 Å². The molecule has 3 amide bonds. The zero-order chi connectivity index (χ0) is 41.6.